The van der Waals surface area contributed by atoms with Crippen LogP contribution in [0.1, 0.15) is 32.5 Å². The molecule has 2 atom stereocenters. The molecule has 1 aromatic heterocycles. The second-order valence-electron chi connectivity index (χ2n) is 5.42. The summed E-state index contributed by atoms with van der Waals surface area (Å²) in [5, 5.41) is 0.845. The summed E-state index contributed by atoms with van der Waals surface area (Å²) in [5.41, 5.74) is 0.583. The molecule has 0 radical (unpaired) electrons. The van der Waals surface area contributed by atoms with E-state index in [1.807, 2.05) is 18.2 Å². The summed E-state index contributed by atoms with van der Waals surface area (Å²) in [7, 11) is 0. The summed E-state index contributed by atoms with van der Waals surface area (Å²) in [5.74, 6) is 0.798. The van der Waals surface area contributed by atoms with Crippen molar-refractivity contribution in [2.24, 2.45) is 5.92 Å². The SMILES string of the molecule is CC1CCN(c2nc(C(F)F)nc3ccccc23)C1C. The Morgan fingerprint density at radius 2 is 1.95 bits per heavy atom. The van der Waals surface area contributed by atoms with E-state index in [1.54, 1.807) is 6.07 Å². The predicted octanol–water partition coefficient (Wildman–Crippen LogP) is 3.80. The number of halogens is 2. The molecule has 2 aromatic rings. The van der Waals surface area contributed by atoms with Gasteiger partial charge in [-0.25, -0.2) is 18.7 Å². The number of fused-ring (bicyclic) bond motifs is 1. The van der Waals surface area contributed by atoms with Crippen LogP contribution in [0.2, 0.25) is 0 Å². The molecule has 0 bridgehead atoms. The summed E-state index contributed by atoms with van der Waals surface area (Å²) < 4.78 is 26.0. The molecule has 106 valence electrons. The van der Waals surface area contributed by atoms with Crippen molar-refractivity contribution in [3.05, 3.63) is 30.1 Å². The van der Waals surface area contributed by atoms with E-state index in [-0.39, 0.29) is 5.82 Å². The van der Waals surface area contributed by atoms with Crippen LogP contribution in [-0.4, -0.2) is 22.6 Å². The second-order valence-corrected chi connectivity index (χ2v) is 5.42. The first-order valence-corrected chi connectivity index (χ1v) is 6.89. The van der Waals surface area contributed by atoms with Crippen molar-refractivity contribution in [3.8, 4) is 0 Å². The van der Waals surface area contributed by atoms with E-state index in [4.69, 9.17) is 0 Å². The molecule has 0 saturated carbocycles. The molecule has 3 rings (SSSR count). The Hall–Kier alpha value is -1.78. The quantitative estimate of drug-likeness (QED) is 0.836. The van der Waals surface area contributed by atoms with E-state index < -0.39 is 6.43 Å². The summed E-state index contributed by atoms with van der Waals surface area (Å²) in [6.45, 7) is 5.16. The molecule has 0 spiro atoms. The summed E-state index contributed by atoms with van der Waals surface area (Å²) in [6, 6.07) is 7.66. The van der Waals surface area contributed by atoms with Gasteiger partial charge in [0.25, 0.3) is 6.43 Å². The smallest absolute Gasteiger partial charge is 0.297 e. The van der Waals surface area contributed by atoms with Crippen LogP contribution in [0.4, 0.5) is 14.6 Å². The zero-order valence-corrected chi connectivity index (χ0v) is 11.6. The first kappa shape index (κ1) is 13.2. The zero-order valence-electron chi connectivity index (χ0n) is 11.6. The van der Waals surface area contributed by atoms with E-state index in [0.29, 0.717) is 23.3 Å². The first-order chi connectivity index (χ1) is 9.58. The molecule has 2 unspecified atom stereocenters. The van der Waals surface area contributed by atoms with Gasteiger partial charge in [0.05, 0.1) is 5.52 Å². The van der Waals surface area contributed by atoms with Gasteiger partial charge < -0.3 is 4.90 Å². The van der Waals surface area contributed by atoms with Gasteiger partial charge in [0, 0.05) is 18.0 Å². The first-order valence-electron chi connectivity index (χ1n) is 6.89. The Kier molecular flexibility index (Phi) is 3.28. The van der Waals surface area contributed by atoms with Crippen LogP contribution in [0.5, 0.6) is 0 Å². The van der Waals surface area contributed by atoms with Gasteiger partial charge in [0.15, 0.2) is 5.82 Å². The molecule has 20 heavy (non-hydrogen) atoms. The lowest BCUT2D eigenvalue weighted by Gasteiger charge is -2.26. The Balaban J connectivity index is 2.17. The maximum Gasteiger partial charge on any atom is 0.297 e. The minimum atomic E-state index is -2.64. The summed E-state index contributed by atoms with van der Waals surface area (Å²) >= 11 is 0. The van der Waals surface area contributed by atoms with Gasteiger partial charge in [-0.15, -0.1) is 0 Å². The monoisotopic (exact) mass is 277 g/mol. The van der Waals surface area contributed by atoms with Crippen LogP contribution in [0.25, 0.3) is 10.9 Å². The molecule has 0 amide bonds. The van der Waals surface area contributed by atoms with Gasteiger partial charge in [-0.05, 0) is 31.4 Å². The highest BCUT2D eigenvalue weighted by atomic mass is 19.3. The lowest BCUT2D eigenvalue weighted by Crippen LogP contribution is -2.30. The minimum absolute atomic E-state index is 0.304. The van der Waals surface area contributed by atoms with Crippen LogP contribution >= 0.6 is 0 Å². The van der Waals surface area contributed by atoms with Crippen molar-refractivity contribution < 1.29 is 8.78 Å². The Morgan fingerprint density at radius 3 is 2.60 bits per heavy atom. The molecular weight excluding hydrogens is 260 g/mol. The van der Waals surface area contributed by atoms with Gasteiger partial charge in [0.1, 0.15) is 5.82 Å². The number of hydrogen-bond donors (Lipinski definition) is 0. The molecule has 0 N–H and O–H groups in total. The largest absolute Gasteiger partial charge is 0.353 e. The number of anilines is 1. The van der Waals surface area contributed by atoms with Crippen molar-refractivity contribution in [3.63, 3.8) is 0 Å². The van der Waals surface area contributed by atoms with Crippen LogP contribution < -0.4 is 4.90 Å². The van der Waals surface area contributed by atoms with Crippen molar-refractivity contribution in [2.75, 3.05) is 11.4 Å². The predicted molar refractivity (Wildman–Crippen MR) is 75.1 cm³/mol. The van der Waals surface area contributed by atoms with Gasteiger partial charge >= 0.3 is 0 Å². The number of para-hydroxylation sites is 1. The second kappa shape index (κ2) is 4.96. The fraction of sp³-hybridized carbons (Fsp3) is 0.467. The minimum Gasteiger partial charge on any atom is -0.353 e. The highest BCUT2D eigenvalue weighted by Crippen LogP contribution is 2.33. The zero-order chi connectivity index (χ0) is 14.3. The van der Waals surface area contributed by atoms with Crippen LogP contribution in [0, 0.1) is 5.92 Å². The molecule has 1 saturated heterocycles. The van der Waals surface area contributed by atoms with Crippen LogP contribution in [-0.2, 0) is 0 Å². The van der Waals surface area contributed by atoms with Crippen molar-refractivity contribution in [2.45, 2.75) is 32.7 Å². The molecule has 1 aromatic carbocycles. The number of aromatic nitrogens is 2. The van der Waals surface area contributed by atoms with E-state index in [1.165, 1.54) is 0 Å². The lowest BCUT2D eigenvalue weighted by atomic mass is 10.1. The Labute approximate surface area is 116 Å². The average Bonchev–Trinajstić information content (AvgIpc) is 2.78. The standard InChI is InChI=1S/C15H17F2N3/c1-9-7-8-20(10(9)2)15-11-5-3-4-6-12(11)18-14(19-15)13(16)17/h3-6,9-10,13H,7-8H2,1-2H3. The molecule has 2 heterocycles. The Bertz CT molecular complexity index is 630. The van der Waals surface area contributed by atoms with Crippen molar-refractivity contribution in [1.29, 1.82) is 0 Å². The fourth-order valence-corrected chi connectivity index (χ4v) is 2.79. The van der Waals surface area contributed by atoms with E-state index >= 15 is 0 Å². The van der Waals surface area contributed by atoms with Gasteiger partial charge in [-0.3, -0.25) is 0 Å². The van der Waals surface area contributed by atoms with Crippen molar-refractivity contribution >= 4 is 16.7 Å². The van der Waals surface area contributed by atoms with E-state index in [9.17, 15) is 8.78 Å². The number of rotatable bonds is 2. The summed E-state index contributed by atoms with van der Waals surface area (Å²) in [4.78, 5) is 10.2. The van der Waals surface area contributed by atoms with Gasteiger partial charge in [-0.2, -0.15) is 0 Å². The average molecular weight is 277 g/mol. The number of hydrogen-bond acceptors (Lipinski definition) is 3. The number of benzene rings is 1. The third-order valence-electron chi connectivity index (χ3n) is 4.21. The topological polar surface area (TPSA) is 29.0 Å². The summed E-state index contributed by atoms with van der Waals surface area (Å²) in [6.07, 6.45) is -1.59. The highest BCUT2D eigenvalue weighted by Gasteiger charge is 2.30. The molecule has 5 heteroatoms. The van der Waals surface area contributed by atoms with Crippen LogP contribution in [0.15, 0.2) is 24.3 Å². The molecule has 0 aliphatic carbocycles. The van der Waals surface area contributed by atoms with Gasteiger partial charge in [-0.1, -0.05) is 19.1 Å². The van der Waals surface area contributed by atoms with Gasteiger partial charge in [0.2, 0.25) is 0 Å². The number of nitrogens with zero attached hydrogens (tertiary/aromatic N) is 3. The molecule has 1 aliphatic rings. The molecule has 3 nitrogen and oxygen atoms in total. The third kappa shape index (κ3) is 2.11. The third-order valence-corrected chi connectivity index (χ3v) is 4.21. The van der Waals surface area contributed by atoms with Crippen molar-refractivity contribution in [1.82, 2.24) is 9.97 Å². The normalized spacial score (nSPS) is 22.9. The molecule has 1 fully saturated rings. The lowest BCUT2D eigenvalue weighted by molar-refractivity contribution is 0.141. The highest BCUT2D eigenvalue weighted by molar-refractivity contribution is 5.89. The Morgan fingerprint density at radius 1 is 1.20 bits per heavy atom. The maximum atomic E-state index is 13.0. The van der Waals surface area contributed by atoms with Crippen LogP contribution in [0.3, 0.4) is 0 Å². The number of alkyl halides is 2. The molecule has 1 aliphatic heterocycles. The van der Waals surface area contributed by atoms with E-state index in [0.717, 1.165) is 18.4 Å². The maximum absolute atomic E-state index is 13.0. The van der Waals surface area contributed by atoms with E-state index in [2.05, 4.69) is 28.7 Å². The molecular formula is C15H17F2N3. The fourth-order valence-electron chi connectivity index (χ4n) is 2.79.